The molecular weight excluding hydrogens is 386 g/mol. The Hall–Kier alpha value is -2.67. The van der Waals surface area contributed by atoms with Crippen LogP contribution in [0.25, 0.3) is 10.2 Å². The monoisotopic (exact) mass is 411 g/mol. The number of aryl methyl sites for hydroxylation is 2. The minimum absolute atomic E-state index is 0.0497. The minimum Gasteiger partial charge on any atom is -0.496 e. The van der Waals surface area contributed by atoms with Crippen molar-refractivity contribution in [3.05, 3.63) is 57.0 Å². The predicted octanol–water partition coefficient (Wildman–Crippen LogP) is 3.61. The first-order chi connectivity index (χ1) is 14.1. The number of benzene rings is 1. The van der Waals surface area contributed by atoms with Crippen LogP contribution >= 0.6 is 11.3 Å². The van der Waals surface area contributed by atoms with E-state index in [4.69, 9.17) is 4.74 Å². The van der Waals surface area contributed by atoms with Crippen molar-refractivity contribution < 1.29 is 9.53 Å². The number of amides is 1. The Bertz CT molecular complexity index is 1100. The number of carbonyl (C=O) groups is 1. The number of carbonyl (C=O) groups excluding carboxylic acids is 1. The second-order valence-electron chi connectivity index (χ2n) is 7.45. The Kier molecular flexibility index (Phi) is 5.67. The Morgan fingerprint density at radius 2 is 2.07 bits per heavy atom. The summed E-state index contributed by atoms with van der Waals surface area (Å²) in [7, 11) is 1.61. The number of ether oxygens (including phenoxy) is 1. The van der Waals surface area contributed by atoms with E-state index in [0.29, 0.717) is 5.39 Å². The van der Waals surface area contributed by atoms with E-state index >= 15 is 0 Å². The molecular formula is C22H25N3O3S. The summed E-state index contributed by atoms with van der Waals surface area (Å²) < 4.78 is 6.79. The zero-order valence-corrected chi connectivity index (χ0v) is 17.6. The van der Waals surface area contributed by atoms with Crippen molar-refractivity contribution in [2.45, 2.75) is 51.6 Å². The van der Waals surface area contributed by atoms with Crippen LogP contribution in [0.2, 0.25) is 0 Å². The van der Waals surface area contributed by atoms with Crippen molar-refractivity contribution in [1.82, 2.24) is 14.9 Å². The molecule has 0 fully saturated rings. The van der Waals surface area contributed by atoms with Gasteiger partial charge in [0.2, 0.25) is 5.91 Å². The van der Waals surface area contributed by atoms with E-state index in [0.717, 1.165) is 47.4 Å². The second kappa shape index (κ2) is 8.37. The lowest BCUT2D eigenvalue weighted by molar-refractivity contribution is -0.122. The molecule has 1 amide bonds. The van der Waals surface area contributed by atoms with Gasteiger partial charge in [-0.1, -0.05) is 24.6 Å². The van der Waals surface area contributed by atoms with Crippen molar-refractivity contribution in [3.8, 4) is 5.75 Å². The van der Waals surface area contributed by atoms with Gasteiger partial charge in [-0.3, -0.25) is 14.2 Å². The van der Waals surface area contributed by atoms with Gasteiger partial charge in [-0.2, -0.15) is 0 Å². The van der Waals surface area contributed by atoms with Gasteiger partial charge in [0.05, 0.1) is 24.9 Å². The molecule has 1 unspecified atom stereocenters. The average molecular weight is 412 g/mol. The van der Waals surface area contributed by atoms with Crippen LogP contribution in [0, 0.1) is 0 Å². The quantitative estimate of drug-likeness (QED) is 0.651. The second-order valence-corrected chi connectivity index (χ2v) is 8.54. The molecule has 152 valence electrons. The number of hydrogen-bond donors (Lipinski definition) is 1. The summed E-state index contributed by atoms with van der Waals surface area (Å²) in [6.07, 6.45) is 6.90. The van der Waals surface area contributed by atoms with Crippen LogP contribution in [-0.4, -0.2) is 22.6 Å². The fraction of sp³-hybridized carbons (Fsp3) is 0.409. The molecule has 0 bridgehead atoms. The van der Waals surface area contributed by atoms with Gasteiger partial charge in [0.15, 0.2) is 0 Å². The molecule has 0 saturated carbocycles. The molecule has 7 heteroatoms. The molecule has 1 aliphatic rings. The van der Waals surface area contributed by atoms with E-state index in [1.54, 1.807) is 18.4 Å². The summed E-state index contributed by atoms with van der Waals surface area (Å²) in [4.78, 5) is 32.3. The lowest BCUT2D eigenvalue weighted by atomic mass is 10.1. The van der Waals surface area contributed by atoms with Gasteiger partial charge < -0.3 is 10.1 Å². The lowest BCUT2D eigenvalue weighted by Crippen LogP contribution is -2.34. The normalized spacial score (nSPS) is 14.8. The molecule has 1 atom stereocenters. The minimum atomic E-state index is -0.233. The third-order valence-corrected chi connectivity index (χ3v) is 6.69. The Morgan fingerprint density at radius 3 is 2.90 bits per heavy atom. The number of hydrogen-bond acceptors (Lipinski definition) is 5. The van der Waals surface area contributed by atoms with Crippen LogP contribution in [0.1, 0.15) is 48.2 Å². The maximum absolute atomic E-state index is 13.1. The standard InChI is InChI=1S/C22H25N3O3S/c1-14(15-8-6-7-10-17(15)28-2)24-19(26)12-25-13-23-21-20(22(25)27)16-9-4-3-5-11-18(16)29-21/h6-8,10,13-14H,3-5,9,11-12H2,1-2H3,(H,24,26). The number of nitrogens with zero attached hydrogens (tertiary/aromatic N) is 2. The maximum Gasteiger partial charge on any atom is 0.262 e. The van der Waals surface area contributed by atoms with Gasteiger partial charge in [-0.05, 0) is 44.2 Å². The van der Waals surface area contributed by atoms with E-state index in [-0.39, 0.29) is 24.1 Å². The SMILES string of the molecule is COc1ccccc1C(C)NC(=O)Cn1cnc2sc3c(c2c1=O)CCCCC3. The lowest BCUT2D eigenvalue weighted by Gasteiger charge is -2.17. The van der Waals surface area contributed by atoms with Crippen molar-refractivity contribution in [2.75, 3.05) is 7.11 Å². The molecule has 2 heterocycles. The predicted molar refractivity (Wildman–Crippen MR) is 115 cm³/mol. The van der Waals surface area contributed by atoms with Crippen LogP contribution in [0.15, 0.2) is 35.4 Å². The number of para-hydroxylation sites is 1. The summed E-state index contributed by atoms with van der Waals surface area (Å²) in [6.45, 7) is 1.85. The van der Waals surface area contributed by atoms with E-state index in [1.807, 2.05) is 31.2 Å². The van der Waals surface area contributed by atoms with Crippen molar-refractivity contribution in [3.63, 3.8) is 0 Å². The van der Waals surface area contributed by atoms with Crippen LogP contribution < -0.4 is 15.6 Å². The molecule has 0 aliphatic heterocycles. The molecule has 1 aliphatic carbocycles. The van der Waals surface area contributed by atoms with Gasteiger partial charge in [0.1, 0.15) is 17.1 Å². The first-order valence-electron chi connectivity index (χ1n) is 10.0. The Balaban J connectivity index is 1.56. The zero-order valence-electron chi connectivity index (χ0n) is 16.7. The summed E-state index contributed by atoms with van der Waals surface area (Å²) in [5.74, 6) is 0.495. The largest absolute Gasteiger partial charge is 0.496 e. The molecule has 2 aromatic heterocycles. The molecule has 29 heavy (non-hydrogen) atoms. The molecule has 1 N–H and O–H groups in total. The third-order valence-electron chi connectivity index (χ3n) is 5.49. The highest BCUT2D eigenvalue weighted by molar-refractivity contribution is 7.18. The number of thiophene rings is 1. The first kappa shape index (κ1) is 19.6. The van der Waals surface area contributed by atoms with Gasteiger partial charge >= 0.3 is 0 Å². The van der Waals surface area contributed by atoms with Crippen LogP contribution in [0.4, 0.5) is 0 Å². The van der Waals surface area contributed by atoms with Crippen LogP contribution in [0.5, 0.6) is 5.75 Å². The number of nitrogens with one attached hydrogen (secondary N) is 1. The Morgan fingerprint density at radius 1 is 1.28 bits per heavy atom. The maximum atomic E-state index is 13.1. The van der Waals surface area contributed by atoms with Gasteiger partial charge in [-0.15, -0.1) is 11.3 Å². The topological polar surface area (TPSA) is 73.2 Å². The Labute approximate surface area is 173 Å². The van der Waals surface area contributed by atoms with Crippen molar-refractivity contribution >= 4 is 27.5 Å². The summed E-state index contributed by atoms with van der Waals surface area (Å²) in [6, 6.07) is 7.35. The summed E-state index contributed by atoms with van der Waals surface area (Å²) >= 11 is 1.63. The molecule has 0 saturated heterocycles. The van der Waals surface area contributed by atoms with Crippen LogP contribution in [0.3, 0.4) is 0 Å². The smallest absolute Gasteiger partial charge is 0.262 e. The summed E-state index contributed by atoms with van der Waals surface area (Å²) in [5, 5.41) is 3.67. The zero-order chi connectivity index (χ0) is 20.4. The molecule has 0 spiro atoms. The van der Waals surface area contributed by atoms with Gasteiger partial charge in [0, 0.05) is 10.4 Å². The highest BCUT2D eigenvalue weighted by Gasteiger charge is 2.20. The fourth-order valence-electron chi connectivity index (χ4n) is 4.01. The summed E-state index contributed by atoms with van der Waals surface area (Å²) in [5.41, 5.74) is 1.93. The van der Waals surface area contributed by atoms with E-state index in [1.165, 1.54) is 22.2 Å². The number of fused-ring (bicyclic) bond motifs is 3. The number of methoxy groups -OCH3 is 1. The van der Waals surface area contributed by atoms with Gasteiger partial charge in [-0.25, -0.2) is 4.98 Å². The average Bonchev–Trinajstić information content (AvgIpc) is 2.92. The van der Waals surface area contributed by atoms with E-state index in [2.05, 4.69) is 10.3 Å². The highest BCUT2D eigenvalue weighted by atomic mass is 32.1. The van der Waals surface area contributed by atoms with Crippen molar-refractivity contribution in [1.29, 1.82) is 0 Å². The number of rotatable bonds is 5. The highest BCUT2D eigenvalue weighted by Crippen LogP contribution is 2.32. The molecule has 4 rings (SSSR count). The van der Waals surface area contributed by atoms with E-state index in [9.17, 15) is 9.59 Å². The molecule has 3 aromatic rings. The van der Waals surface area contributed by atoms with Gasteiger partial charge in [0.25, 0.3) is 5.56 Å². The number of aromatic nitrogens is 2. The molecule has 0 radical (unpaired) electrons. The molecule has 6 nitrogen and oxygen atoms in total. The molecule has 1 aromatic carbocycles. The third kappa shape index (κ3) is 3.92. The van der Waals surface area contributed by atoms with Crippen molar-refractivity contribution in [2.24, 2.45) is 0 Å². The van der Waals surface area contributed by atoms with E-state index < -0.39 is 0 Å². The fourth-order valence-corrected chi connectivity index (χ4v) is 5.23. The first-order valence-corrected chi connectivity index (χ1v) is 10.8. The van der Waals surface area contributed by atoms with Crippen LogP contribution in [-0.2, 0) is 24.2 Å².